The Kier molecular flexibility index (Phi) is 5.06. The van der Waals surface area contributed by atoms with E-state index in [0.717, 1.165) is 11.3 Å². The molecule has 0 aliphatic carbocycles. The standard InChI is InChI=1S/C16H16ClNO3/c1-21-15-9-5-8-14(17)13(15)10-18(11-16(19)20)12-6-3-2-4-7-12/h2-9H,10-11H2,1H3,(H,19,20). The summed E-state index contributed by atoms with van der Waals surface area (Å²) in [6.45, 7) is 0.248. The predicted molar refractivity (Wildman–Crippen MR) is 83.1 cm³/mol. The third-order valence-electron chi connectivity index (χ3n) is 3.09. The number of ether oxygens (including phenoxy) is 1. The van der Waals surface area contributed by atoms with E-state index in [4.69, 9.17) is 21.4 Å². The minimum absolute atomic E-state index is 0.113. The third kappa shape index (κ3) is 3.89. The van der Waals surface area contributed by atoms with Crippen LogP contribution in [0.2, 0.25) is 5.02 Å². The van der Waals surface area contributed by atoms with Crippen LogP contribution in [-0.2, 0) is 11.3 Å². The van der Waals surface area contributed by atoms with Crippen molar-refractivity contribution in [2.45, 2.75) is 6.54 Å². The van der Waals surface area contributed by atoms with E-state index >= 15 is 0 Å². The highest BCUT2D eigenvalue weighted by molar-refractivity contribution is 6.31. The number of hydrogen-bond donors (Lipinski definition) is 1. The molecule has 0 amide bonds. The highest BCUT2D eigenvalue weighted by atomic mass is 35.5. The monoisotopic (exact) mass is 305 g/mol. The molecule has 0 radical (unpaired) electrons. The molecule has 21 heavy (non-hydrogen) atoms. The first-order valence-electron chi connectivity index (χ1n) is 6.45. The summed E-state index contributed by atoms with van der Waals surface area (Å²) in [4.78, 5) is 12.8. The molecule has 110 valence electrons. The van der Waals surface area contributed by atoms with Crippen LogP contribution in [0.3, 0.4) is 0 Å². The summed E-state index contributed by atoms with van der Waals surface area (Å²) in [5.41, 5.74) is 1.59. The normalized spacial score (nSPS) is 10.2. The first-order chi connectivity index (χ1) is 10.1. The number of hydrogen-bond acceptors (Lipinski definition) is 3. The molecule has 2 rings (SSSR count). The van der Waals surface area contributed by atoms with Crippen LogP contribution in [0, 0.1) is 0 Å². The zero-order valence-electron chi connectivity index (χ0n) is 11.6. The van der Waals surface area contributed by atoms with E-state index in [9.17, 15) is 4.79 Å². The number of carbonyl (C=O) groups is 1. The number of anilines is 1. The average Bonchev–Trinajstić information content (AvgIpc) is 2.49. The van der Waals surface area contributed by atoms with Gasteiger partial charge in [-0.05, 0) is 24.3 Å². The van der Waals surface area contributed by atoms with E-state index in [2.05, 4.69) is 0 Å². The SMILES string of the molecule is COc1cccc(Cl)c1CN(CC(=O)O)c1ccccc1. The van der Waals surface area contributed by atoms with Gasteiger partial charge in [0, 0.05) is 22.8 Å². The summed E-state index contributed by atoms with van der Waals surface area (Å²) in [7, 11) is 1.57. The van der Waals surface area contributed by atoms with E-state index in [1.165, 1.54) is 0 Å². The molecule has 0 aliphatic rings. The number of aliphatic carboxylic acids is 1. The van der Waals surface area contributed by atoms with Crippen molar-refractivity contribution in [3.8, 4) is 5.75 Å². The molecule has 0 atom stereocenters. The number of nitrogens with zero attached hydrogens (tertiary/aromatic N) is 1. The molecule has 0 saturated carbocycles. The highest BCUT2D eigenvalue weighted by Crippen LogP contribution is 2.29. The van der Waals surface area contributed by atoms with Gasteiger partial charge in [-0.1, -0.05) is 35.9 Å². The average molecular weight is 306 g/mol. The van der Waals surface area contributed by atoms with Crippen molar-refractivity contribution >= 4 is 23.3 Å². The van der Waals surface area contributed by atoms with E-state index < -0.39 is 5.97 Å². The van der Waals surface area contributed by atoms with Crippen LogP contribution in [0.1, 0.15) is 5.56 Å². The van der Waals surface area contributed by atoms with Crippen molar-refractivity contribution in [3.05, 3.63) is 59.1 Å². The lowest BCUT2D eigenvalue weighted by Crippen LogP contribution is -2.29. The zero-order valence-corrected chi connectivity index (χ0v) is 12.4. The van der Waals surface area contributed by atoms with Gasteiger partial charge in [-0.3, -0.25) is 4.79 Å². The van der Waals surface area contributed by atoms with Gasteiger partial charge >= 0.3 is 5.97 Å². The Morgan fingerprint density at radius 2 is 1.90 bits per heavy atom. The summed E-state index contributed by atoms with van der Waals surface area (Å²) in [6, 6.07) is 14.7. The maximum atomic E-state index is 11.1. The number of carboxylic acid groups (broad SMARTS) is 1. The molecule has 2 aromatic carbocycles. The largest absolute Gasteiger partial charge is 0.496 e. The van der Waals surface area contributed by atoms with E-state index in [-0.39, 0.29) is 6.54 Å². The van der Waals surface area contributed by atoms with E-state index in [1.54, 1.807) is 24.1 Å². The van der Waals surface area contributed by atoms with Crippen molar-refractivity contribution in [2.24, 2.45) is 0 Å². The Labute approximate surface area is 128 Å². The fourth-order valence-corrected chi connectivity index (χ4v) is 2.34. The second-order valence-corrected chi connectivity index (χ2v) is 4.91. The van der Waals surface area contributed by atoms with Gasteiger partial charge in [0.25, 0.3) is 0 Å². The molecule has 1 N–H and O–H groups in total. The molecule has 2 aromatic rings. The molecule has 4 nitrogen and oxygen atoms in total. The topological polar surface area (TPSA) is 49.8 Å². The number of halogens is 1. The van der Waals surface area contributed by atoms with Gasteiger partial charge in [-0.15, -0.1) is 0 Å². The molecule has 0 heterocycles. The Balaban J connectivity index is 2.34. The number of carboxylic acids is 1. The number of benzene rings is 2. The Bertz CT molecular complexity index is 616. The molecule has 5 heteroatoms. The molecule has 0 fully saturated rings. The third-order valence-corrected chi connectivity index (χ3v) is 3.45. The molecule has 0 unspecified atom stereocenters. The highest BCUT2D eigenvalue weighted by Gasteiger charge is 2.16. The van der Waals surface area contributed by atoms with Gasteiger partial charge in [-0.2, -0.15) is 0 Å². The summed E-state index contributed by atoms with van der Waals surface area (Å²) in [5, 5.41) is 9.67. The van der Waals surface area contributed by atoms with E-state index in [1.807, 2.05) is 36.4 Å². The predicted octanol–water partition coefficient (Wildman–Crippen LogP) is 3.44. The van der Waals surface area contributed by atoms with Crippen LogP contribution in [0.15, 0.2) is 48.5 Å². The molecule has 0 bridgehead atoms. The minimum Gasteiger partial charge on any atom is -0.496 e. The van der Waals surface area contributed by atoms with Crippen LogP contribution in [0.4, 0.5) is 5.69 Å². The smallest absolute Gasteiger partial charge is 0.323 e. The van der Waals surface area contributed by atoms with Crippen molar-refractivity contribution < 1.29 is 14.6 Å². The second kappa shape index (κ2) is 6.99. The maximum Gasteiger partial charge on any atom is 0.323 e. The lowest BCUT2D eigenvalue weighted by molar-refractivity contribution is -0.135. The van der Waals surface area contributed by atoms with Crippen LogP contribution in [0.5, 0.6) is 5.75 Å². The Hall–Kier alpha value is -2.20. The van der Waals surface area contributed by atoms with Crippen LogP contribution in [-0.4, -0.2) is 24.7 Å². The first-order valence-corrected chi connectivity index (χ1v) is 6.82. The Morgan fingerprint density at radius 3 is 2.52 bits per heavy atom. The second-order valence-electron chi connectivity index (χ2n) is 4.51. The van der Waals surface area contributed by atoms with Gasteiger partial charge in [0.05, 0.1) is 7.11 Å². The van der Waals surface area contributed by atoms with Gasteiger partial charge in [0.1, 0.15) is 12.3 Å². The van der Waals surface area contributed by atoms with Crippen LogP contribution >= 0.6 is 11.6 Å². The van der Waals surface area contributed by atoms with Gasteiger partial charge < -0.3 is 14.7 Å². The molecular formula is C16H16ClNO3. The molecular weight excluding hydrogens is 290 g/mol. The number of rotatable bonds is 6. The minimum atomic E-state index is -0.898. The summed E-state index contributed by atoms with van der Waals surface area (Å²) >= 11 is 6.22. The summed E-state index contributed by atoms with van der Waals surface area (Å²) < 4.78 is 5.31. The van der Waals surface area contributed by atoms with E-state index in [0.29, 0.717) is 17.3 Å². The zero-order chi connectivity index (χ0) is 15.2. The fourth-order valence-electron chi connectivity index (χ4n) is 2.11. The molecule has 0 aromatic heterocycles. The fraction of sp³-hybridized carbons (Fsp3) is 0.188. The lowest BCUT2D eigenvalue weighted by Gasteiger charge is -2.24. The number of para-hydroxylation sites is 1. The number of methoxy groups -OCH3 is 1. The van der Waals surface area contributed by atoms with Crippen molar-refractivity contribution in [3.63, 3.8) is 0 Å². The van der Waals surface area contributed by atoms with Crippen LogP contribution in [0.25, 0.3) is 0 Å². The van der Waals surface area contributed by atoms with Crippen molar-refractivity contribution in [1.29, 1.82) is 0 Å². The van der Waals surface area contributed by atoms with Crippen molar-refractivity contribution in [1.82, 2.24) is 0 Å². The van der Waals surface area contributed by atoms with Gasteiger partial charge in [0.2, 0.25) is 0 Å². The maximum absolute atomic E-state index is 11.1. The Morgan fingerprint density at radius 1 is 1.19 bits per heavy atom. The van der Waals surface area contributed by atoms with Crippen LogP contribution < -0.4 is 9.64 Å². The van der Waals surface area contributed by atoms with Gasteiger partial charge in [0.15, 0.2) is 0 Å². The first kappa shape index (κ1) is 15.2. The van der Waals surface area contributed by atoms with Crippen molar-refractivity contribution in [2.75, 3.05) is 18.6 Å². The molecule has 0 saturated heterocycles. The quantitative estimate of drug-likeness (QED) is 0.888. The van der Waals surface area contributed by atoms with Gasteiger partial charge in [-0.25, -0.2) is 0 Å². The summed E-state index contributed by atoms with van der Waals surface area (Å²) in [6.07, 6.45) is 0. The molecule has 0 aliphatic heterocycles. The molecule has 0 spiro atoms. The summed E-state index contributed by atoms with van der Waals surface area (Å²) in [5.74, 6) is -0.251. The lowest BCUT2D eigenvalue weighted by atomic mass is 10.1.